The third-order valence-corrected chi connectivity index (χ3v) is 5.10. The number of ketones is 1. The second kappa shape index (κ2) is 7.33. The number of nitrogens with zero attached hydrogens (tertiary/aromatic N) is 1. The Labute approximate surface area is 173 Å². The number of rotatable bonds is 4. The molecule has 2 heterocycles. The van der Waals surface area contributed by atoms with Crippen LogP contribution in [-0.4, -0.2) is 10.8 Å². The van der Waals surface area contributed by atoms with Crippen LogP contribution in [0.2, 0.25) is 0 Å². The van der Waals surface area contributed by atoms with E-state index in [2.05, 4.69) is 0 Å². The minimum absolute atomic E-state index is 0.117. The van der Waals surface area contributed by atoms with Crippen molar-refractivity contribution in [3.8, 4) is 22.4 Å². The maximum Gasteiger partial charge on any atom is 0.230 e. The van der Waals surface area contributed by atoms with Crippen molar-refractivity contribution in [2.24, 2.45) is 0 Å². The third-order valence-electron chi connectivity index (χ3n) is 5.10. The van der Waals surface area contributed by atoms with Gasteiger partial charge in [-0.05, 0) is 17.2 Å². The molecule has 0 unspecified atom stereocenters. The molecule has 2 aromatic heterocycles. The lowest BCUT2D eigenvalue weighted by atomic mass is 9.99. The van der Waals surface area contributed by atoms with Gasteiger partial charge in [0, 0.05) is 11.1 Å². The first-order valence-electron chi connectivity index (χ1n) is 9.66. The van der Waals surface area contributed by atoms with Crippen molar-refractivity contribution in [1.82, 2.24) is 4.98 Å². The average Bonchev–Trinajstić information content (AvgIpc) is 3.16. The van der Waals surface area contributed by atoms with Crippen LogP contribution in [0.3, 0.4) is 0 Å². The van der Waals surface area contributed by atoms with Crippen LogP contribution < -0.4 is 5.73 Å². The predicted octanol–water partition coefficient (Wildman–Crippen LogP) is 5.98. The molecule has 0 aliphatic heterocycles. The van der Waals surface area contributed by atoms with Gasteiger partial charge in [-0.25, -0.2) is 4.98 Å². The average molecular weight is 390 g/mol. The molecule has 3 aromatic carbocycles. The van der Waals surface area contributed by atoms with E-state index in [1.807, 2.05) is 84.9 Å². The van der Waals surface area contributed by atoms with E-state index < -0.39 is 0 Å². The predicted molar refractivity (Wildman–Crippen MR) is 119 cm³/mol. The Hall–Kier alpha value is -4.18. The summed E-state index contributed by atoms with van der Waals surface area (Å²) in [4.78, 5) is 17.7. The normalized spacial score (nSPS) is 10.9. The fourth-order valence-electron chi connectivity index (χ4n) is 3.61. The van der Waals surface area contributed by atoms with E-state index in [1.54, 1.807) is 12.1 Å². The summed E-state index contributed by atoms with van der Waals surface area (Å²) in [7, 11) is 0. The molecular weight excluding hydrogens is 372 g/mol. The summed E-state index contributed by atoms with van der Waals surface area (Å²) in [6.07, 6.45) is 0. The molecule has 144 valence electrons. The van der Waals surface area contributed by atoms with Gasteiger partial charge in [-0.1, -0.05) is 91.0 Å². The first-order chi connectivity index (χ1) is 14.7. The summed E-state index contributed by atoms with van der Waals surface area (Å²) in [5.41, 5.74) is 11.2. The monoisotopic (exact) mass is 390 g/mol. The SMILES string of the molecule is Nc1c(C(=O)c2ccccc2)oc2nc(-c3ccccc3)cc(-c3ccccc3)c12. The standard InChI is InChI=1S/C26H18N2O2/c27-23-22-20(17-10-4-1-5-11-17)16-21(18-12-6-2-7-13-18)28-26(22)30-25(23)24(29)19-14-8-3-9-15-19/h1-16H,27H2. The Bertz CT molecular complexity index is 1340. The third kappa shape index (κ3) is 3.05. The minimum Gasteiger partial charge on any atom is -0.432 e. The van der Waals surface area contributed by atoms with E-state index in [9.17, 15) is 4.79 Å². The molecular formula is C26H18N2O2. The molecule has 2 N–H and O–H groups in total. The number of aromatic nitrogens is 1. The first kappa shape index (κ1) is 17.9. The molecule has 0 aliphatic carbocycles. The van der Waals surface area contributed by atoms with Crippen molar-refractivity contribution >= 4 is 22.6 Å². The molecule has 30 heavy (non-hydrogen) atoms. The van der Waals surface area contributed by atoms with Crippen molar-refractivity contribution in [3.63, 3.8) is 0 Å². The van der Waals surface area contributed by atoms with Gasteiger partial charge in [0.05, 0.1) is 16.8 Å². The van der Waals surface area contributed by atoms with E-state index in [0.29, 0.717) is 22.4 Å². The minimum atomic E-state index is -0.258. The van der Waals surface area contributed by atoms with Gasteiger partial charge in [-0.3, -0.25) is 4.79 Å². The number of hydrogen-bond donors (Lipinski definition) is 1. The number of nitrogens with two attached hydrogens (primary N) is 1. The zero-order valence-electron chi connectivity index (χ0n) is 16.1. The van der Waals surface area contributed by atoms with E-state index in [4.69, 9.17) is 15.1 Å². The maximum atomic E-state index is 13.0. The van der Waals surface area contributed by atoms with Crippen LogP contribution in [0.4, 0.5) is 5.69 Å². The van der Waals surface area contributed by atoms with Crippen LogP contribution in [0.15, 0.2) is 101 Å². The van der Waals surface area contributed by atoms with Gasteiger partial charge in [0.2, 0.25) is 17.3 Å². The highest BCUT2D eigenvalue weighted by Gasteiger charge is 2.24. The quantitative estimate of drug-likeness (QED) is 0.384. The van der Waals surface area contributed by atoms with Gasteiger partial charge >= 0.3 is 0 Å². The fourth-order valence-corrected chi connectivity index (χ4v) is 3.61. The Morgan fingerprint density at radius 3 is 1.97 bits per heavy atom. The largest absolute Gasteiger partial charge is 0.432 e. The summed E-state index contributed by atoms with van der Waals surface area (Å²) in [5, 5.41) is 0.653. The zero-order chi connectivity index (χ0) is 20.5. The van der Waals surface area contributed by atoms with Gasteiger partial charge in [0.1, 0.15) is 0 Å². The van der Waals surface area contributed by atoms with E-state index in [-0.39, 0.29) is 11.5 Å². The summed E-state index contributed by atoms with van der Waals surface area (Å²) in [6, 6.07) is 30.8. The molecule has 0 saturated heterocycles. The van der Waals surface area contributed by atoms with Gasteiger partial charge in [0.15, 0.2) is 0 Å². The molecule has 5 aromatic rings. The van der Waals surface area contributed by atoms with Crippen molar-refractivity contribution in [2.75, 3.05) is 5.73 Å². The van der Waals surface area contributed by atoms with Crippen LogP contribution in [0, 0.1) is 0 Å². The Morgan fingerprint density at radius 1 is 0.767 bits per heavy atom. The molecule has 0 amide bonds. The van der Waals surface area contributed by atoms with Crippen LogP contribution in [-0.2, 0) is 0 Å². The molecule has 0 atom stereocenters. The number of benzene rings is 3. The van der Waals surface area contributed by atoms with Crippen LogP contribution >= 0.6 is 0 Å². The van der Waals surface area contributed by atoms with Gasteiger partial charge in [-0.2, -0.15) is 0 Å². The smallest absolute Gasteiger partial charge is 0.230 e. The number of furan rings is 1. The van der Waals surface area contributed by atoms with Crippen molar-refractivity contribution in [2.45, 2.75) is 0 Å². The van der Waals surface area contributed by atoms with Crippen LogP contribution in [0.25, 0.3) is 33.5 Å². The number of carbonyl (C=O) groups excluding carboxylic acids is 1. The lowest BCUT2D eigenvalue weighted by molar-refractivity contribution is 0.101. The number of anilines is 1. The Morgan fingerprint density at radius 2 is 1.33 bits per heavy atom. The molecule has 4 nitrogen and oxygen atoms in total. The number of pyridine rings is 1. The topological polar surface area (TPSA) is 69.1 Å². The van der Waals surface area contributed by atoms with E-state index in [1.165, 1.54) is 0 Å². The molecule has 0 aliphatic rings. The zero-order valence-corrected chi connectivity index (χ0v) is 16.1. The lowest BCUT2D eigenvalue weighted by Crippen LogP contribution is -2.02. The van der Waals surface area contributed by atoms with E-state index in [0.717, 1.165) is 22.4 Å². The maximum absolute atomic E-state index is 13.0. The van der Waals surface area contributed by atoms with Gasteiger partial charge in [-0.15, -0.1) is 0 Å². The second-order valence-corrected chi connectivity index (χ2v) is 7.01. The van der Waals surface area contributed by atoms with Gasteiger partial charge < -0.3 is 10.2 Å². The molecule has 0 fully saturated rings. The van der Waals surface area contributed by atoms with Crippen molar-refractivity contribution in [3.05, 3.63) is 108 Å². The Balaban J connectivity index is 1.77. The molecule has 0 spiro atoms. The lowest BCUT2D eigenvalue weighted by Gasteiger charge is -2.07. The van der Waals surface area contributed by atoms with Crippen molar-refractivity contribution in [1.29, 1.82) is 0 Å². The molecule has 0 radical (unpaired) electrons. The summed E-state index contributed by atoms with van der Waals surface area (Å²) < 4.78 is 5.95. The summed E-state index contributed by atoms with van der Waals surface area (Å²) in [5.74, 6) is -0.141. The van der Waals surface area contributed by atoms with E-state index >= 15 is 0 Å². The summed E-state index contributed by atoms with van der Waals surface area (Å²) in [6.45, 7) is 0. The highest BCUT2D eigenvalue weighted by Crippen LogP contribution is 2.39. The molecule has 5 rings (SSSR count). The first-order valence-corrected chi connectivity index (χ1v) is 9.66. The highest BCUT2D eigenvalue weighted by molar-refractivity contribution is 6.16. The molecule has 4 heteroatoms. The molecule has 0 saturated carbocycles. The van der Waals surface area contributed by atoms with Crippen LogP contribution in [0.5, 0.6) is 0 Å². The number of nitrogen functional groups attached to an aromatic ring is 1. The number of carbonyl (C=O) groups is 1. The fraction of sp³-hybridized carbons (Fsp3) is 0. The van der Waals surface area contributed by atoms with Gasteiger partial charge in [0.25, 0.3) is 0 Å². The summed E-state index contributed by atoms with van der Waals surface area (Å²) >= 11 is 0. The Kier molecular flexibility index (Phi) is 4.37. The number of hydrogen-bond acceptors (Lipinski definition) is 4. The highest BCUT2D eigenvalue weighted by atomic mass is 16.4. The van der Waals surface area contributed by atoms with Crippen molar-refractivity contribution < 1.29 is 9.21 Å². The molecule has 0 bridgehead atoms. The second-order valence-electron chi connectivity index (χ2n) is 7.01. The van der Waals surface area contributed by atoms with Crippen LogP contribution in [0.1, 0.15) is 16.1 Å². The number of fused-ring (bicyclic) bond motifs is 1.